The zero-order valence-electron chi connectivity index (χ0n) is 19.0. The van der Waals surface area contributed by atoms with Crippen LogP contribution >= 0.6 is 0 Å². The lowest BCUT2D eigenvalue weighted by Crippen LogP contribution is -2.18. The van der Waals surface area contributed by atoms with Crippen LogP contribution in [0.1, 0.15) is 17.0 Å². The number of benzene rings is 2. The van der Waals surface area contributed by atoms with Gasteiger partial charge >= 0.3 is 0 Å². The van der Waals surface area contributed by atoms with Crippen molar-refractivity contribution in [1.29, 1.82) is 0 Å². The lowest BCUT2D eigenvalue weighted by Gasteiger charge is -2.17. The highest BCUT2D eigenvalue weighted by Gasteiger charge is 2.18. The zero-order valence-corrected chi connectivity index (χ0v) is 19.0. The molecule has 0 atom stereocenters. The molecule has 2 aromatic heterocycles. The largest absolute Gasteiger partial charge is 0.497 e. The molecule has 0 spiro atoms. The third-order valence-corrected chi connectivity index (χ3v) is 5.43. The van der Waals surface area contributed by atoms with E-state index >= 15 is 0 Å². The van der Waals surface area contributed by atoms with E-state index < -0.39 is 0 Å². The predicted octanol–water partition coefficient (Wildman–Crippen LogP) is 4.86. The maximum atomic E-state index is 5.98. The van der Waals surface area contributed by atoms with Gasteiger partial charge in [0.15, 0.2) is 0 Å². The summed E-state index contributed by atoms with van der Waals surface area (Å²) in [4.78, 5) is 11.4. The van der Waals surface area contributed by atoms with Crippen LogP contribution in [0, 0.1) is 6.92 Å². The van der Waals surface area contributed by atoms with Crippen molar-refractivity contribution in [2.24, 2.45) is 0 Å². The van der Waals surface area contributed by atoms with Gasteiger partial charge in [-0.25, -0.2) is 4.98 Å². The number of aromatic nitrogens is 2. The van der Waals surface area contributed by atoms with Gasteiger partial charge in [-0.15, -0.1) is 0 Å². The van der Waals surface area contributed by atoms with E-state index in [2.05, 4.69) is 29.1 Å². The van der Waals surface area contributed by atoms with E-state index in [1.54, 1.807) is 27.5 Å². The standard InChI is InChI=1S/C25H27N3O4/c1-16-21(27-25(32-16)20-10-9-18(29-3)13-23(20)31-5)15-28(2)14-17-8-11-22(30-4)24-19(17)7-6-12-26-24/h6-13H,14-15H2,1-5H3. The normalized spacial score (nSPS) is 11.2. The van der Waals surface area contributed by atoms with Gasteiger partial charge in [0.1, 0.15) is 28.5 Å². The Labute approximate surface area is 187 Å². The molecule has 0 radical (unpaired) electrons. The molecule has 166 valence electrons. The summed E-state index contributed by atoms with van der Waals surface area (Å²) in [6.07, 6.45) is 1.78. The molecule has 0 aliphatic heterocycles. The quantitative estimate of drug-likeness (QED) is 0.393. The average Bonchev–Trinajstić information content (AvgIpc) is 3.18. The Morgan fingerprint density at radius 3 is 2.50 bits per heavy atom. The first-order valence-corrected chi connectivity index (χ1v) is 10.3. The molecular weight excluding hydrogens is 406 g/mol. The Morgan fingerprint density at radius 2 is 1.75 bits per heavy atom. The van der Waals surface area contributed by atoms with Crippen LogP contribution in [0.25, 0.3) is 22.4 Å². The third-order valence-electron chi connectivity index (χ3n) is 5.43. The highest BCUT2D eigenvalue weighted by Crippen LogP contribution is 2.34. The summed E-state index contributed by atoms with van der Waals surface area (Å²) < 4.78 is 22.2. The number of aryl methyl sites for hydroxylation is 1. The topological polar surface area (TPSA) is 69.9 Å². The molecule has 0 amide bonds. The molecule has 0 N–H and O–H groups in total. The first-order chi connectivity index (χ1) is 15.5. The van der Waals surface area contributed by atoms with Gasteiger partial charge < -0.3 is 18.6 Å². The van der Waals surface area contributed by atoms with E-state index in [9.17, 15) is 0 Å². The first-order valence-electron chi connectivity index (χ1n) is 10.3. The molecule has 0 saturated carbocycles. The van der Waals surface area contributed by atoms with Crippen molar-refractivity contribution in [3.05, 3.63) is 65.7 Å². The van der Waals surface area contributed by atoms with Gasteiger partial charge in [0, 0.05) is 30.7 Å². The SMILES string of the molecule is COc1ccc(-c2nc(CN(C)Cc3ccc(OC)c4ncccc34)c(C)o2)c(OC)c1. The minimum Gasteiger partial charge on any atom is -0.497 e. The molecule has 0 unspecified atom stereocenters. The fourth-order valence-corrected chi connectivity index (χ4v) is 3.78. The van der Waals surface area contributed by atoms with Crippen molar-refractivity contribution in [1.82, 2.24) is 14.9 Å². The van der Waals surface area contributed by atoms with Crippen LogP contribution in [-0.4, -0.2) is 43.2 Å². The maximum Gasteiger partial charge on any atom is 0.230 e. The second-order valence-electron chi connectivity index (χ2n) is 7.59. The zero-order chi connectivity index (χ0) is 22.7. The molecule has 2 aromatic carbocycles. The van der Waals surface area contributed by atoms with Crippen LogP contribution in [-0.2, 0) is 13.1 Å². The number of methoxy groups -OCH3 is 3. The lowest BCUT2D eigenvalue weighted by molar-refractivity contribution is 0.314. The molecule has 2 heterocycles. The molecule has 0 bridgehead atoms. The van der Waals surface area contributed by atoms with Crippen molar-refractivity contribution < 1.29 is 18.6 Å². The Morgan fingerprint density at radius 1 is 0.938 bits per heavy atom. The number of nitrogens with zero attached hydrogens (tertiary/aromatic N) is 3. The van der Waals surface area contributed by atoms with E-state index in [4.69, 9.17) is 23.6 Å². The number of hydrogen-bond acceptors (Lipinski definition) is 7. The van der Waals surface area contributed by atoms with E-state index in [0.29, 0.717) is 18.2 Å². The number of oxazole rings is 1. The van der Waals surface area contributed by atoms with Crippen LogP contribution in [0.2, 0.25) is 0 Å². The van der Waals surface area contributed by atoms with Gasteiger partial charge in [0.25, 0.3) is 0 Å². The van der Waals surface area contributed by atoms with E-state index in [1.165, 1.54) is 5.56 Å². The van der Waals surface area contributed by atoms with Crippen LogP contribution in [0.5, 0.6) is 17.2 Å². The maximum absolute atomic E-state index is 5.98. The van der Waals surface area contributed by atoms with Crippen LogP contribution < -0.4 is 14.2 Å². The Hall–Kier alpha value is -3.58. The highest BCUT2D eigenvalue weighted by molar-refractivity contribution is 5.87. The van der Waals surface area contributed by atoms with E-state index in [0.717, 1.165) is 46.0 Å². The fourth-order valence-electron chi connectivity index (χ4n) is 3.78. The molecular formula is C25H27N3O4. The lowest BCUT2D eigenvalue weighted by atomic mass is 10.1. The van der Waals surface area contributed by atoms with Crippen molar-refractivity contribution in [2.75, 3.05) is 28.4 Å². The minimum absolute atomic E-state index is 0.532. The van der Waals surface area contributed by atoms with Crippen molar-refractivity contribution in [3.63, 3.8) is 0 Å². The average molecular weight is 434 g/mol. The van der Waals surface area contributed by atoms with Crippen LogP contribution in [0.15, 0.2) is 53.1 Å². The summed E-state index contributed by atoms with van der Waals surface area (Å²) in [7, 11) is 6.97. The molecule has 4 rings (SSSR count). The van der Waals surface area contributed by atoms with Gasteiger partial charge in [-0.05, 0) is 43.8 Å². The second kappa shape index (κ2) is 9.28. The second-order valence-corrected chi connectivity index (χ2v) is 7.59. The Kier molecular flexibility index (Phi) is 6.28. The fraction of sp³-hybridized carbons (Fsp3) is 0.280. The summed E-state index contributed by atoms with van der Waals surface area (Å²) in [5, 5.41) is 1.08. The molecule has 7 nitrogen and oxygen atoms in total. The van der Waals surface area contributed by atoms with E-state index in [1.807, 2.05) is 37.3 Å². The van der Waals surface area contributed by atoms with Crippen LogP contribution in [0.4, 0.5) is 0 Å². The van der Waals surface area contributed by atoms with Gasteiger partial charge in [-0.2, -0.15) is 0 Å². The van der Waals surface area contributed by atoms with Gasteiger partial charge in [0.05, 0.1) is 32.6 Å². The first kappa shape index (κ1) is 21.6. The number of hydrogen-bond donors (Lipinski definition) is 0. The van der Waals surface area contributed by atoms with Gasteiger partial charge in [-0.1, -0.05) is 12.1 Å². The summed E-state index contributed by atoms with van der Waals surface area (Å²) in [5.41, 5.74) is 3.72. The Bertz CT molecular complexity index is 1240. The number of fused-ring (bicyclic) bond motifs is 1. The van der Waals surface area contributed by atoms with E-state index in [-0.39, 0.29) is 0 Å². The summed E-state index contributed by atoms with van der Waals surface area (Å²) in [5.74, 6) is 3.46. The molecule has 0 fully saturated rings. The molecule has 0 aliphatic carbocycles. The molecule has 0 aliphatic rings. The number of pyridine rings is 1. The molecule has 4 aromatic rings. The van der Waals surface area contributed by atoms with Crippen LogP contribution in [0.3, 0.4) is 0 Å². The smallest absolute Gasteiger partial charge is 0.230 e. The number of ether oxygens (including phenoxy) is 3. The van der Waals surface area contributed by atoms with Gasteiger partial charge in [0.2, 0.25) is 5.89 Å². The summed E-state index contributed by atoms with van der Waals surface area (Å²) >= 11 is 0. The third kappa shape index (κ3) is 4.24. The Balaban J connectivity index is 1.56. The molecule has 32 heavy (non-hydrogen) atoms. The van der Waals surface area contributed by atoms with Crippen molar-refractivity contribution in [2.45, 2.75) is 20.0 Å². The summed E-state index contributed by atoms with van der Waals surface area (Å²) in [6.45, 7) is 3.31. The molecule has 7 heteroatoms. The monoisotopic (exact) mass is 433 g/mol. The van der Waals surface area contributed by atoms with Crippen molar-refractivity contribution >= 4 is 10.9 Å². The number of rotatable bonds is 8. The van der Waals surface area contributed by atoms with Crippen molar-refractivity contribution in [3.8, 4) is 28.7 Å². The predicted molar refractivity (Wildman–Crippen MR) is 123 cm³/mol. The molecule has 0 saturated heterocycles. The highest BCUT2D eigenvalue weighted by atomic mass is 16.5. The minimum atomic E-state index is 0.532. The van der Waals surface area contributed by atoms with Gasteiger partial charge in [-0.3, -0.25) is 9.88 Å². The summed E-state index contributed by atoms with van der Waals surface area (Å²) in [6, 6.07) is 13.7.